The van der Waals surface area contributed by atoms with Crippen molar-refractivity contribution in [2.45, 2.75) is 18.6 Å². The van der Waals surface area contributed by atoms with Crippen LogP contribution in [-0.4, -0.2) is 42.4 Å². The van der Waals surface area contributed by atoms with Crippen molar-refractivity contribution in [1.29, 1.82) is 0 Å². The predicted octanol–water partition coefficient (Wildman–Crippen LogP) is 0.704. The number of halogens is 1. The van der Waals surface area contributed by atoms with E-state index in [4.69, 9.17) is 16.7 Å². The summed E-state index contributed by atoms with van der Waals surface area (Å²) in [4.78, 5) is 12.2. The Balaban J connectivity index is 2.06. The van der Waals surface area contributed by atoms with Crippen molar-refractivity contribution in [3.8, 4) is 0 Å². The van der Waals surface area contributed by atoms with Crippen LogP contribution in [0.1, 0.15) is 12.5 Å². The van der Waals surface area contributed by atoms with Gasteiger partial charge >= 0.3 is 0 Å². The molecule has 2 atom stereocenters. The standard InChI is InChI=1S/C11H11ClN4O2/c12-10-9-11(14-4-13-10)16(5-15-9)7-1-6(3-17)8(18)2-7/h1,4-5,7-8,17-18H,2-3H2/t7-,8-/m1/s1. The van der Waals surface area contributed by atoms with E-state index in [1.807, 2.05) is 10.6 Å². The molecule has 0 spiro atoms. The fourth-order valence-electron chi connectivity index (χ4n) is 2.22. The second-order valence-electron chi connectivity index (χ2n) is 4.21. The molecule has 0 aliphatic heterocycles. The highest BCUT2D eigenvalue weighted by Gasteiger charge is 2.26. The van der Waals surface area contributed by atoms with E-state index >= 15 is 0 Å². The molecule has 0 saturated heterocycles. The molecule has 0 bridgehead atoms. The maximum atomic E-state index is 9.76. The zero-order valence-electron chi connectivity index (χ0n) is 9.36. The van der Waals surface area contributed by atoms with Gasteiger partial charge in [0.05, 0.1) is 25.1 Å². The van der Waals surface area contributed by atoms with Crippen LogP contribution in [0.15, 0.2) is 24.3 Å². The average Bonchev–Trinajstić information content (AvgIpc) is 2.93. The Kier molecular flexibility index (Phi) is 2.77. The molecule has 0 fully saturated rings. The van der Waals surface area contributed by atoms with Gasteiger partial charge in [-0.05, 0) is 5.57 Å². The van der Waals surface area contributed by atoms with Gasteiger partial charge in [-0.3, -0.25) is 0 Å². The summed E-state index contributed by atoms with van der Waals surface area (Å²) in [5, 5.41) is 19.2. The van der Waals surface area contributed by atoms with E-state index in [0.29, 0.717) is 28.3 Å². The van der Waals surface area contributed by atoms with Crippen LogP contribution in [0.5, 0.6) is 0 Å². The third-order valence-corrected chi connectivity index (χ3v) is 3.43. The van der Waals surface area contributed by atoms with Crippen molar-refractivity contribution in [3.63, 3.8) is 0 Å². The Hall–Kier alpha value is -1.50. The van der Waals surface area contributed by atoms with Crippen LogP contribution in [-0.2, 0) is 0 Å². The van der Waals surface area contributed by atoms with Crippen LogP contribution >= 0.6 is 11.6 Å². The van der Waals surface area contributed by atoms with Crippen LogP contribution in [0, 0.1) is 0 Å². The maximum Gasteiger partial charge on any atom is 0.165 e. The van der Waals surface area contributed by atoms with E-state index in [1.165, 1.54) is 6.33 Å². The summed E-state index contributed by atoms with van der Waals surface area (Å²) in [6, 6.07) is -0.0712. The summed E-state index contributed by atoms with van der Waals surface area (Å²) >= 11 is 5.93. The second-order valence-corrected chi connectivity index (χ2v) is 4.57. The Labute approximate surface area is 108 Å². The molecule has 3 rings (SSSR count). The molecule has 2 N–H and O–H groups in total. The topological polar surface area (TPSA) is 84.1 Å². The smallest absolute Gasteiger partial charge is 0.165 e. The summed E-state index contributed by atoms with van der Waals surface area (Å²) in [5.41, 5.74) is 1.80. The van der Waals surface area contributed by atoms with E-state index in [-0.39, 0.29) is 12.6 Å². The number of aromatic nitrogens is 4. The number of imidazole rings is 1. The molecule has 6 nitrogen and oxygen atoms in total. The summed E-state index contributed by atoms with van der Waals surface area (Å²) in [5.74, 6) is 0. The van der Waals surface area contributed by atoms with Crippen LogP contribution in [0.3, 0.4) is 0 Å². The molecular formula is C11H11ClN4O2. The van der Waals surface area contributed by atoms with Crippen LogP contribution in [0.4, 0.5) is 0 Å². The van der Waals surface area contributed by atoms with Gasteiger partial charge in [-0.2, -0.15) is 0 Å². The minimum atomic E-state index is -0.616. The number of allylic oxidation sites excluding steroid dienone is 1. The molecule has 0 amide bonds. The monoisotopic (exact) mass is 266 g/mol. The number of nitrogens with zero attached hydrogens (tertiary/aromatic N) is 4. The summed E-state index contributed by atoms with van der Waals surface area (Å²) in [7, 11) is 0. The number of hydrogen-bond acceptors (Lipinski definition) is 5. The predicted molar refractivity (Wildman–Crippen MR) is 65.2 cm³/mol. The maximum absolute atomic E-state index is 9.76. The summed E-state index contributed by atoms with van der Waals surface area (Å²) in [6.45, 7) is -0.139. The van der Waals surface area contributed by atoms with Gasteiger partial charge in [-0.1, -0.05) is 17.7 Å². The van der Waals surface area contributed by atoms with Crippen molar-refractivity contribution in [2.75, 3.05) is 6.61 Å². The van der Waals surface area contributed by atoms with Gasteiger partial charge in [0.2, 0.25) is 0 Å². The number of aliphatic hydroxyl groups is 2. The Morgan fingerprint density at radius 2 is 2.22 bits per heavy atom. The van der Waals surface area contributed by atoms with E-state index < -0.39 is 6.10 Å². The van der Waals surface area contributed by atoms with Crippen LogP contribution < -0.4 is 0 Å². The lowest BCUT2D eigenvalue weighted by Crippen LogP contribution is -2.10. The third-order valence-electron chi connectivity index (χ3n) is 3.15. The zero-order valence-corrected chi connectivity index (χ0v) is 10.1. The van der Waals surface area contributed by atoms with Gasteiger partial charge in [0, 0.05) is 6.42 Å². The SMILES string of the molecule is OCC1=C[C@@H](n2cnc3c(Cl)ncnc32)C[C@H]1O. The second kappa shape index (κ2) is 4.31. The molecule has 1 aliphatic rings. The Morgan fingerprint density at radius 1 is 1.39 bits per heavy atom. The molecule has 0 radical (unpaired) electrons. The Bertz CT molecular complexity index is 625. The summed E-state index contributed by atoms with van der Waals surface area (Å²) < 4.78 is 1.83. The van der Waals surface area contributed by atoms with Crippen molar-refractivity contribution >= 4 is 22.8 Å². The lowest BCUT2D eigenvalue weighted by Gasteiger charge is -2.10. The minimum absolute atomic E-state index is 0.0712. The Morgan fingerprint density at radius 3 is 2.94 bits per heavy atom. The van der Waals surface area contributed by atoms with Gasteiger partial charge in [-0.25, -0.2) is 15.0 Å². The quantitative estimate of drug-likeness (QED) is 0.618. The van der Waals surface area contributed by atoms with Crippen LogP contribution in [0.2, 0.25) is 5.15 Å². The molecule has 94 valence electrons. The highest BCUT2D eigenvalue weighted by molar-refractivity contribution is 6.33. The lowest BCUT2D eigenvalue weighted by molar-refractivity contribution is 0.182. The van der Waals surface area contributed by atoms with Crippen molar-refractivity contribution in [2.24, 2.45) is 0 Å². The van der Waals surface area contributed by atoms with E-state index in [9.17, 15) is 5.11 Å². The minimum Gasteiger partial charge on any atom is -0.392 e. The number of fused-ring (bicyclic) bond motifs is 1. The molecule has 7 heteroatoms. The van der Waals surface area contributed by atoms with Crippen molar-refractivity contribution in [1.82, 2.24) is 19.5 Å². The lowest BCUT2D eigenvalue weighted by atomic mass is 10.2. The molecule has 0 aromatic carbocycles. The molecular weight excluding hydrogens is 256 g/mol. The third kappa shape index (κ3) is 1.69. The number of rotatable bonds is 2. The first kappa shape index (κ1) is 11.6. The highest BCUT2D eigenvalue weighted by Crippen LogP contribution is 2.31. The normalized spacial score (nSPS) is 23.6. The van der Waals surface area contributed by atoms with Gasteiger partial charge < -0.3 is 14.8 Å². The fourth-order valence-corrected chi connectivity index (χ4v) is 2.40. The van der Waals surface area contributed by atoms with Gasteiger partial charge in [-0.15, -0.1) is 0 Å². The van der Waals surface area contributed by atoms with Gasteiger partial charge in [0.15, 0.2) is 10.8 Å². The first-order valence-electron chi connectivity index (χ1n) is 5.53. The van der Waals surface area contributed by atoms with E-state index in [0.717, 1.165) is 0 Å². The van der Waals surface area contributed by atoms with Crippen molar-refractivity contribution in [3.05, 3.63) is 29.5 Å². The van der Waals surface area contributed by atoms with E-state index in [2.05, 4.69) is 15.0 Å². The molecule has 0 unspecified atom stereocenters. The van der Waals surface area contributed by atoms with Gasteiger partial charge in [0.1, 0.15) is 11.8 Å². The first-order valence-corrected chi connectivity index (χ1v) is 5.91. The molecule has 1 aliphatic carbocycles. The van der Waals surface area contributed by atoms with Crippen LogP contribution in [0.25, 0.3) is 11.2 Å². The number of hydrogen-bond donors (Lipinski definition) is 2. The largest absolute Gasteiger partial charge is 0.392 e. The fraction of sp³-hybridized carbons (Fsp3) is 0.364. The average molecular weight is 267 g/mol. The molecule has 2 aromatic rings. The van der Waals surface area contributed by atoms with Gasteiger partial charge in [0.25, 0.3) is 0 Å². The van der Waals surface area contributed by atoms with Crippen molar-refractivity contribution < 1.29 is 10.2 Å². The number of aliphatic hydroxyl groups excluding tert-OH is 2. The molecule has 0 saturated carbocycles. The molecule has 2 aromatic heterocycles. The molecule has 18 heavy (non-hydrogen) atoms. The zero-order chi connectivity index (χ0) is 12.7. The summed E-state index contributed by atoms with van der Waals surface area (Å²) in [6.07, 6.45) is 4.73. The molecule has 2 heterocycles. The van der Waals surface area contributed by atoms with E-state index in [1.54, 1.807) is 6.33 Å². The highest BCUT2D eigenvalue weighted by atomic mass is 35.5. The first-order chi connectivity index (χ1) is 8.70.